The van der Waals surface area contributed by atoms with Crippen LogP contribution in [-0.2, 0) is 44.4 Å². The van der Waals surface area contributed by atoms with E-state index in [2.05, 4.69) is 0 Å². The fourth-order valence-electron chi connectivity index (χ4n) is 14.6. The molecule has 0 aromatic heterocycles. The molecule has 8 aliphatic heterocycles. The van der Waals surface area contributed by atoms with E-state index < -0.39 is 257 Å². The van der Waals surface area contributed by atoms with Gasteiger partial charge in [-0.15, -0.1) is 0 Å². The largest absolute Gasteiger partial charge is 0.454 e. The lowest BCUT2D eigenvalue weighted by atomic mass is 10.00. The SMILES string of the molecule is [2H]C(O[C@@H]1CCCN(C([2H])([2H])C([2H])([2H])c2ccc3c(c2)OCO3)C1)(c1ccccc1)c1ccccc1.[2H]C1([2H])Oc2ccc(C([2H])([2H])C([2H])([2H])N3CCC[C@@H](OC([2H])(c4ccccc4)c4ccccc4)C3)cc2O1.[2H]c1c([2H])c([2H])c(C(O[C@@H]2CCCN(C([2H])([2H])C([2H])([2H])c3ccc4c(c3)OC([2H])([2H])O4)C2)c2c([2H])c([2H])c([2H])c([2H])c2[2H])c([2H])c1[2H].[2H]c1c([2H])c([2H])c(C(O[C@@H]2CCCN(C([2H])([2H])C([2H])([2H])c3ccc4c(c3)OCO4)C2)c2c([2H])c([2H])c([2H])c([2H])c2[2H])c([2H])c1[2H]. The molecular weight excluding hydrogens is 1550 g/mol. The topological polar surface area (TPSA) is 124 Å². The Morgan fingerprint density at radius 1 is 0.290 bits per heavy atom. The van der Waals surface area contributed by atoms with Gasteiger partial charge in [-0.1, -0.05) is 266 Å². The Bertz CT molecular complexity index is 7310. The third kappa shape index (κ3) is 23.8. The Balaban J connectivity index is 0.000000149. The molecule has 12 aromatic rings. The summed E-state index contributed by atoms with van der Waals surface area (Å²) in [4.78, 5) is 5.35. The molecule has 16 heteroatoms. The Morgan fingerprint density at radius 2 is 0.532 bits per heavy atom. The third-order valence-electron chi connectivity index (χ3n) is 20.7. The highest BCUT2D eigenvalue weighted by Gasteiger charge is 2.32. The van der Waals surface area contributed by atoms with Gasteiger partial charge in [0.25, 0.3) is 0 Å². The van der Waals surface area contributed by atoms with Gasteiger partial charge in [-0.25, -0.2) is 0 Å². The molecule has 16 nitrogen and oxygen atoms in total. The van der Waals surface area contributed by atoms with Gasteiger partial charge in [0, 0.05) is 74.1 Å². The van der Waals surface area contributed by atoms with Gasteiger partial charge in [-0.2, -0.15) is 0 Å². The van der Waals surface area contributed by atoms with Crippen molar-refractivity contribution < 1.29 is 114 Å². The van der Waals surface area contributed by atoms with Gasteiger partial charge in [-0.3, -0.25) is 0 Å². The zero-order chi connectivity index (χ0) is 121. The molecule has 0 unspecified atom stereocenters. The van der Waals surface area contributed by atoms with Crippen molar-refractivity contribution in [3.63, 3.8) is 0 Å². The summed E-state index contributed by atoms with van der Waals surface area (Å²) in [6.45, 7) is -14.2. The van der Waals surface area contributed by atoms with Crippen molar-refractivity contribution in [2.24, 2.45) is 0 Å². The lowest BCUT2D eigenvalue weighted by Crippen LogP contribution is -2.41. The molecule has 0 aliphatic carbocycles. The molecule has 0 bridgehead atoms. The lowest BCUT2D eigenvalue weighted by Gasteiger charge is -2.35. The molecule has 4 saturated heterocycles. The molecular formula is C108H116N4O12. The number of benzene rings is 12. The van der Waals surface area contributed by atoms with Crippen molar-refractivity contribution in [1.82, 2.24) is 19.6 Å². The summed E-state index contributed by atoms with van der Waals surface area (Å²) >= 11 is 0. The maximum Gasteiger partial charge on any atom is 0.231 e. The van der Waals surface area contributed by atoms with Crippen molar-refractivity contribution in [2.45, 2.75) is 126 Å². The summed E-state index contributed by atoms with van der Waals surface area (Å²) < 4.78 is 423. The molecule has 4 atom stereocenters. The van der Waals surface area contributed by atoms with Crippen molar-refractivity contribution in [2.75, 3.05) is 105 Å². The highest BCUT2D eigenvalue weighted by molar-refractivity contribution is 5.48. The second-order valence-corrected chi connectivity index (χ2v) is 29.4. The minimum atomic E-state index is -2.72. The standard InChI is InChI=1S/4C27H29NO3/c4*1-3-8-22(9-4-1)27(23-10-5-2-6-11-23)31-24-12-7-16-28(19-24)17-15-21-13-14-25-26(18-21)30-20-29-25/h4*1-6,8-11,13-14,18,24,27H,7,12,15-17,19-20H2/t4*24-/m1111/s1/i1D,2D,3D,4D,5D,6D,8D,9D,10D,11D,15D2,17D2,20D2;1D,2D,3D,4D,5D,6D,8D,9D,10D,11D,15D2,17D2;15D2,17D2,20D2,27D;15D2,17D2,27D. The monoisotopic (exact) mass is 1700 g/mol. The Hall–Kier alpha value is -11.3. The number of ether oxygens (including phenoxy) is 12. The highest BCUT2D eigenvalue weighted by atomic mass is 16.7. The van der Waals surface area contributed by atoms with Gasteiger partial charge in [0.2, 0.25) is 27.1 Å². The van der Waals surface area contributed by atoms with Crippen molar-refractivity contribution in [3.05, 3.63) is 382 Å². The predicted molar refractivity (Wildman–Crippen MR) is 486 cm³/mol. The quantitative estimate of drug-likeness (QED) is 0.0462. The first-order valence-electron chi connectivity index (χ1n) is 61.9. The zero-order valence-corrected chi connectivity index (χ0v) is 67.4. The maximum absolute atomic E-state index is 9.36. The van der Waals surface area contributed by atoms with Crippen LogP contribution in [0, 0.1) is 0 Å². The van der Waals surface area contributed by atoms with Gasteiger partial charge in [0.15, 0.2) is 46.0 Å². The molecule has 0 N–H and O–H groups in total. The Kier molecular flexibility index (Phi) is 17.1. The smallest absolute Gasteiger partial charge is 0.231 e. The van der Waals surface area contributed by atoms with Gasteiger partial charge in [-0.05, 0) is 218 Å². The minimum Gasteiger partial charge on any atom is -0.454 e. The lowest BCUT2D eigenvalue weighted by molar-refractivity contribution is -0.0331. The van der Waals surface area contributed by atoms with Gasteiger partial charge in [0.1, 0.15) is 29.9 Å². The first kappa shape index (κ1) is 48.3. The average Bonchev–Trinajstić information content (AvgIpc) is 1.32. The number of fused-ring (bicyclic) bond motifs is 4. The summed E-state index contributed by atoms with van der Waals surface area (Å²) in [7, 11) is 0. The molecule has 640 valence electrons. The van der Waals surface area contributed by atoms with Crippen LogP contribution >= 0.6 is 0 Å². The number of hydrogen-bond donors (Lipinski definition) is 0. The average molecular weight is 1700 g/mol. The number of hydrogen-bond acceptors (Lipinski definition) is 16. The number of nitrogens with zero attached hydrogens (tertiary/aromatic N) is 4. The summed E-state index contributed by atoms with van der Waals surface area (Å²) in [5, 5.41) is 0. The summed E-state index contributed by atoms with van der Waals surface area (Å²) in [5.74, 6) is 1.71. The number of likely N-dealkylation sites (tertiary alicyclic amines) is 4. The molecule has 12 aromatic carbocycles. The Labute approximate surface area is 791 Å². The van der Waals surface area contributed by atoms with Crippen LogP contribution in [0.5, 0.6) is 46.0 Å². The van der Waals surface area contributed by atoms with Crippen LogP contribution in [0.25, 0.3) is 0 Å². The normalized spacial score (nSPS) is 25.2. The van der Waals surface area contributed by atoms with E-state index in [9.17, 15) is 2.74 Å². The van der Waals surface area contributed by atoms with Gasteiger partial charge >= 0.3 is 0 Å². The van der Waals surface area contributed by atoms with Crippen molar-refractivity contribution >= 4 is 0 Å². The van der Waals surface area contributed by atoms with Gasteiger partial charge in [0.05, 0.1) is 54.6 Å². The molecule has 8 heterocycles. The molecule has 0 saturated carbocycles. The van der Waals surface area contributed by atoms with E-state index in [-0.39, 0.29) is 123 Å². The van der Waals surface area contributed by atoms with E-state index in [0.29, 0.717) is 84.7 Å². The minimum absolute atomic E-state index is 0.00833. The number of aryl methyl sites for hydroxylation is 4. The van der Waals surface area contributed by atoms with Crippen LogP contribution in [0.3, 0.4) is 0 Å². The zero-order valence-electron chi connectivity index (χ0n) is 109. The molecule has 4 fully saturated rings. The maximum atomic E-state index is 9.36. The molecule has 20 rings (SSSR count). The molecule has 124 heavy (non-hydrogen) atoms. The molecule has 0 amide bonds. The first-order chi connectivity index (χ1) is 77.8. The van der Waals surface area contributed by atoms with Crippen LogP contribution in [-0.4, -0.2) is 149 Å². The van der Waals surface area contributed by atoms with Crippen LogP contribution in [0.15, 0.2) is 315 Å². The van der Waals surface area contributed by atoms with Crippen LogP contribution in [0.4, 0.5) is 0 Å². The third-order valence-corrected chi connectivity index (χ3v) is 20.7. The number of piperidine rings is 4. The summed E-state index contributed by atoms with van der Waals surface area (Å²) in [6.07, 6.45) is -16.0. The summed E-state index contributed by atoms with van der Waals surface area (Å²) in [5.41, 5.74) is 0.916. The molecule has 8 aliphatic rings. The Morgan fingerprint density at radius 3 is 0.815 bits per heavy atom. The second-order valence-electron chi connectivity index (χ2n) is 29.4. The fourth-order valence-corrected chi connectivity index (χ4v) is 14.6. The molecule has 0 spiro atoms. The van der Waals surface area contributed by atoms with E-state index in [0.717, 1.165) is 6.07 Å². The van der Waals surface area contributed by atoms with Crippen LogP contribution < -0.4 is 37.9 Å². The van der Waals surface area contributed by atoms with Crippen molar-refractivity contribution in [3.8, 4) is 46.0 Å². The van der Waals surface area contributed by atoms with E-state index in [1.54, 1.807) is 12.1 Å². The summed E-state index contributed by atoms with van der Waals surface area (Å²) in [6, 6.07) is 39.8. The van der Waals surface area contributed by atoms with Crippen molar-refractivity contribution in [1.29, 1.82) is 0 Å². The highest BCUT2D eigenvalue weighted by Crippen LogP contribution is 2.40. The second kappa shape index (κ2) is 43.9. The molecule has 0 radical (unpaired) electrons. The van der Waals surface area contributed by atoms with E-state index in [1.807, 2.05) is 121 Å². The van der Waals surface area contributed by atoms with Crippen LogP contribution in [0.1, 0.15) is 200 Å². The first-order valence-corrected chi connectivity index (χ1v) is 40.9. The van der Waals surface area contributed by atoms with Gasteiger partial charge < -0.3 is 76.4 Å². The van der Waals surface area contributed by atoms with E-state index >= 15 is 0 Å². The van der Waals surface area contributed by atoms with E-state index in [1.165, 1.54) is 74.2 Å². The number of rotatable bonds is 28. The van der Waals surface area contributed by atoms with E-state index in [4.69, 9.17) is 112 Å². The fraction of sp³-hybridized carbons (Fsp3) is 0.333. The van der Waals surface area contributed by atoms with Crippen LogP contribution in [0.2, 0.25) is 0 Å². The predicted octanol–water partition coefficient (Wildman–Crippen LogP) is 20.9.